The van der Waals surface area contributed by atoms with Crippen molar-refractivity contribution >= 4 is 23.6 Å². The van der Waals surface area contributed by atoms with Crippen molar-refractivity contribution in [3.8, 4) is 0 Å². The maximum Gasteiger partial charge on any atom is 0.328 e. The van der Waals surface area contributed by atoms with Crippen LogP contribution in [0.1, 0.15) is 43.2 Å². The highest BCUT2D eigenvalue weighted by atomic mass is 16.4. The fourth-order valence-corrected chi connectivity index (χ4v) is 2.76. The Morgan fingerprint density at radius 2 is 1.90 bits per heavy atom. The first-order valence-corrected chi connectivity index (χ1v) is 7.38. The van der Waals surface area contributed by atoms with Gasteiger partial charge in [-0.2, -0.15) is 0 Å². The van der Waals surface area contributed by atoms with E-state index in [0.717, 1.165) is 48.6 Å². The summed E-state index contributed by atoms with van der Waals surface area (Å²) in [5.74, 6) is -0.796. The summed E-state index contributed by atoms with van der Waals surface area (Å²) in [5, 5.41) is 11.6. The number of amides is 1. The van der Waals surface area contributed by atoms with Crippen molar-refractivity contribution in [3.63, 3.8) is 0 Å². The van der Waals surface area contributed by atoms with E-state index in [2.05, 4.69) is 5.32 Å². The van der Waals surface area contributed by atoms with Gasteiger partial charge in [-0.1, -0.05) is 25.3 Å². The van der Waals surface area contributed by atoms with Crippen LogP contribution in [0.15, 0.2) is 24.3 Å². The highest BCUT2D eigenvalue weighted by Gasteiger charge is 2.21. The van der Waals surface area contributed by atoms with Crippen molar-refractivity contribution in [2.75, 3.05) is 5.32 Å². The van der Waals surface area contributed by atoms with Crippen LogP contribution in [0, 0.1) is 12.8 Å². The molecule has 0 spiro atoms. The zero-order valence-electron chi connectivity index (χ0n) is 12.3. The Kier molecular flexibility index (Phi) is 5.14. The highest BCUT2D eigenvalue weighted by Crippen LogP contribution is 2.25. The number of benzene rings is 1. The zero-order chi connectivity index (χ0) is 15.2. The van der Waals surface area contributed by atoms with Crippen molar-refractivity contribution in [2.24, 2.45) is 5.92 Å². The van der Waals surface area contributed by atoms with Gasteiger partial charge in [-0.15, -0.1) is 0 Å². The first-order valence-electron chi connectivity index (χ1n) is 7.38. The molecule has 2 N–H and O–H groups in total. The maximum atomic E-state index is 12.2. The molecule has 0 unspecified atom stereocenters. The molecule has 1 aliphatic rings. The number of carbonyl (C=O) groups excluding carboxylic acids is 1. The average molecular weight is 287 g/mol. The largest absolute Gasteiger partial charge is 0.478 e. The second kappa shape index (κ2) is 7.07. The quantitative estimate of drug-likeness (QED) is 0.831. The Morgan fingerprint density at radius 3 is 2.57 bits per heavy atom. The van der Waals surface area contributed by atoms with E-state index in [4.69, 9.17) is 5.11 Å². The van der Waals surface area contributed by atoms with E-state index < -0.39 is 5.97 Å². The van der Waals surface area contributed by atoms with Gasteiger partial charge in [-0.3, -0.25) is 4.79 Å². The molecule has 4 heteroatoms. The van der Waals surface area contributed by atoms with Crippen LogP contribution in [0.3, 0.4) is 0 Å². The Morgan fingerprint density at radius 1 is 1.19 bits per heavy atom. The molecule has 0 aliphatic heterocycles. The van der Waals surface area contributed by atoms with E-state index >= 15 is 0 Å². The predicted molar refractivity (Wildman–Crippen MR) is 83.1 cm³/mol. The third kappa shape index (κ3) is 4.74. The average Bonchev–Trinajstić information content (AvgIpc) is 2.45. The number of aryl methyl sites for hydroxylation is 1. The summed E-state index contributed by atoms with van der Waals surface area (Å²) in [6.07, 6.45) is 8.02. The third-order valence-corrected chi connectivity index (χ3v) is 3.76. The lowest BCUT2D eigenvalue weighted by molar-refractivity contribution is -0.131. The number of anilines is 1. The van der Waals surface area contributed by atoms with E-state index in [1.54, 1.807) is 6.07 Å². The van der Waals surface area contributed by atoms with E-state index in [-0.39, 0.29) is 11.8 Å². The molecule has 1 saturated carbocycles. The summed E-state index contributed by atoms with van der Waals surface area (Å²) in [6.45, 7) is 1.92. The number of hydrogen-bond donors (Lipinski definition) is 2. The Labute approximate surface area is 124 Å². The molecule has 0 bridgehead atoms. The van der Waals surface area contributed by atoms with Gasteiger partial charge in [0.25, 0.3) is 0 Å². The van der Waals surface area contributed by atoms with Crippen molar-refractivity contribution in [3.05, 3.63) is 35.4 Å². The first-order chi connectivity index (χ1) is 10.0. The molecule has 1 amide bonds. The molecule has 0 saturated heterocycles. The van der Waals surface area contributed by atoms with Crippen LogP contribution >= 0.6 is 0 Å². The molecule has 2 rings (SSSR count). The second-order valence-electron chi connectivity index (χ2n) is 5.63. The number of carboxylic acids is 1. The highest BCUT2D eigenvalue weighted by molar-refractivity contribution is 5.93. The summed E-state index contributed by atoms with van der Waals surface area (Å²) in [5.41, 5.74) is 2.49. The van der Waals surface area contributed by atoms with E-state index in [0.29, 0.717) is 0 Å². The van der Waals surface area contributed by atoms with E-state index in [9.17, 15) is 9.59 Å². The Bertz CT molecular complexity index is 557. The monoisotopic (exact) mass is 287 g/mol. The number of rotatable bonds is 4. The maximum absolute atomic E-state index is 12.2. The van der Waals surface area contributed by atoms with Gasteiger partial charge < -0.3 is 10.4 Å². The molecule has 0 atom stereocenters. The van der Waals surface area contributed by atoms with Crippen LogP contribution in [-0.4, -0.2) is 17.0 Å². The molecule has 0 radical (unpaired) electrons. The number of hydrogen-bond acceptors (Lipinski definition) is 2. The second-order valence-corrected chi connectivity index (χ2v) is 5.63. The predicted octanol–water partition coefficient (Wildman–Crippen LogP) is 3.61. The lowest BCUT2D eigenvalue weighted by Crippen LogP contribution is -2.24. The van der Waals surface area contributed by atoms with Crippen molar-refractivity contribution < 1.29 is 14.7 Å². The normalized spacial score (nSPS) is 16.0. The zero-order valence-corrected chi connectivity index (χ0v) is 12.3. The van der Waals surface area contributed by atoms with Crippen molar-refractivity contribution in [1.82, 2.24) is 0 Å². The van der Waals surface area contributed by atoms with Gasteiger partial charge in [0.05, 0.1) is 0 Å². The van der Waals surface area contributed by atoms with Gasteiger partial charge in [-0.25, -0.2) is 4.79 Å². The molecular weight excluding hydrogens is 266 g/mol. The Hall–Kier alpha value is -2.10. The summed E-state index contributed by atoms with van der Waals surface area (Å²) in [7, 11) is 0. The molecule has 0 aromatic heterocycles. The lowest BCUT2D eigenvalue weighted by atomic mass is 9.88. The molecular formula is C17H21NO3. The van der Waals surface area contributed by atoms with Crippen LogP contribution in [-0.2, 0) is 9.59 Å². The van der Waals surface area contributed by atoms with Crippen LogP contribution in [0.25, 0.3) is 6.08 Å². The molecule has 1 aromatic carbocycles. The fraction of sp³-hybridized carbons (Fsp3) is 0.412. The van der Waals surface area contributed by atoms with E-state index in [1.807, 2.05) is 19.1 Å². The van der Waals surface area contributed by atoms with Crippen LogP contribution < -0.4 is 5.32 Å². The number of aliphatic carboxylic acids is 1. The van der Waals surface area contributed by atoms with Crippen molar-refractivity contribution in [2.45, 2.75) is 39.0 Å². The van der Waals surface area contributed by atoms with E-state index in [1.165, 1.54) is 12.5 Å². The van der Waals surface area contributed by atoms with Crippen molar-refractivity contribution in [1.29, 1.82) is 0 Å². The van der Waals surface area contributed by atoms with Gasteiger partial charge in [0.15, 0.2) is 0 Å². The van der Waals surface area contributed by atoms with Gasteiger partial charge in [0.2, 0.25) is 5.91 Å². The molecule has 1 fully saturated rings. The smallest absolute Gasteiger partial charge is 0.328 e. The molecule has 4 nitrogen and oxygen atoms in total. The first kappa shape index (κ1) is 15.3. The number of carbonyl (C=O) groups is 2. The minimum atomic E-state index is -0.982. The third-order valence-electron chi connectivity index (χ3n) is 3.76. The fourth-order valence-electron chi connectivity index (χ4n) is 2.76. The minimum Gasteiger partial charge on any atom is -0.478 e. The molecule has 21 heavy (non-hydrogen) atoms. The molecule has 1 aliphatic carbocycles. The summed E-state index contributed by atoms with van der Waals surface area (Å²) in [6, 6.07) is 5.59. The number of nitrogens with one attached hydrogen (secondary N) is 1. The van der Waals surface area contributed by atoms with Crippen LogP contribution in [0.2, 0.25) is 0 Å². The SMILES string of the molecule is Cc1cc(/C=C/C(=O)O)cc(NC(=O)C2CCCCC2)c1. The minimum absolute atomic E-state index is 0.0773. The lowest BCUT2D eigenvalue weighted by Gasteiger charge is -2.21. The summed E-state index contributed by atoms with van der Waals surface area (Å²) in [4.78, 5) is 22.8. The molecule has 0 heterocycles. The molecule has 1 aromatic rings. The van der Waals surface area contributed by atoms with Gasteiger partial charge in [0, 0.05) is 17.7 Å². The summed E-state index contributed by atoms with van der Waals surface area (Å²) >= 11 is 0. The molecule has 112 valence electrons. The topological polar surface area (TPSA) is 66.4 Å². The number of carboxylic acid groups (broad SMARTS) is 1. The standard InChI is InChI=1S/C17H21NO3/c1-12-9-13(7-8-16(19)20)11-15(10-12)18-17(21)14-5-3-2-4-6-14/h7-11,14H,2-6H2,1H3,(H,18,21)(H,19,20)/b8-7+. The van der Waals surface area contributed by atoms with Gasteiger partial charge in [0.1, 0.15) is 0 Å². The Balaban J connectivity index is 2.08. The van der Waals surface area contributed by atoms with Gasteiger partial charge in [-0.05, 0) is 49.1 Å². The van der Waals surface area contributed by atoms with Gasteiger partial charge >= 0.3 is 5.97 Å². The van der Waals surface area contributed by atoms with Crippen LogP contribution in [0.5, 0.6) is 0 Å². The van der Waals surface area contributed by atoms with Crippen LogP contribution in [0.4, 0.5) is 5.69 Å². The summed E-state index contributed by atoms with van der Waals surface area (Å²) < 4.78 is 0.